The largest absolute Gasteiger partial charge is 0.296 e. The quantitative estimate of drug-likeness (QED) is 0.554. The Balaban J connectivity index is 3.02. The lowest BCUT2D eigenvalue weighted by atomic mass is 10.4. The summed E-state index contributed by atoms with van der Waals surface area (Å²) >= 11 is 0.794. The maximum atomic E-state index is 11.7. The molecular formula is C6H10N3O3PS3. The lowest BCUT2D eigenvalue weighted by molar-refractivity contribution is 0.580. The Hall–Kier alpha value is -0.0200. The predicted octanol–water partition coefficient (Wildman–Crippen LogP) is 1.29. The number of hydrogen-bond donors (Lipinski definition) is 3. The molecule has 16 heavy (non-hydrogen) atoms. The van der Waals surface area contributed by atoms with E-state index in [1.54, 1.807) is 18.2 Å². The van der Waals surface area contributed by atoms with Crippen LogP contribution < -0.4 is 14.8 Å². The van der Waals surface area contributed by atoms with Gasteiger partial charge < -0.3 is 0 Å². The zero-order valence-electron chi connectivity index (χ0n) is 7.94. The topological polar surface area (TPSA) is 115 Å². The van der Waals surface area contributed by atoms with E-state index < -0.39 is 15.7 Å². The minimum Gasteiger partial charge on any atom is -0.279 e. The highest BCUT2D eigenvalue weighted by Gasteiger charge is 2.29. The molecule has 0 radical (unpaired) electrons. The number of hydrogen-bond acceptors (Lipinski definition) is 7. The smallest absolute Gasteiger partial charge is 0.279 e. The molecule has 0 aliphatic carbocycles. The Labute approximate surface area is 102 Å². The van der Waals surface area contributed by atoms with Crippen molar-refractivity contribution in [2.75, 3.05) is 0 Å². The van der Waals surface area contributed by atoms with Crippen molar-refractivity contribution in [3.63, 3.8) is 0 Å². The van der Waals surface area contributed by atoms with Crippen molar-refractivity contribution in [2.24, 2.45) is 10.3 Å². The minimum atomic E-state index is -3.86. The molecule has 10 heteroatoms. The minimum absolute atomic E-state index is 0.0123. The van der Waals surface area contributed by atoms with Gasteiger partial charge in [0.25, 0.3) is 5.70 Å². The Bertz CT molecular complexity index is 484. The monoisotopic (exact) mass is 299 g/mol. The molecule has 1 rings (SSSR count). The van der Waals surface area contributed by atoms with Gasteiger partial charge in [-0.25, -0.2) is 8.42 Å². The van der Waals surface area contributed by atoms with E-state index in [4.69, 9.17) is 10.3 Å². The standard InChI is InChI=1S/C6H10N3O3PS3/c7-14-13(10,15-8)9-16(11,12)6-4-2-1-3-5-6/h1-5H,7-8H2,(H,9,10). The van der Waals surface area contributed by atoms with Crippen molar-refractivity contribution >= 4 is 38.9 Å². The van der Waals surface area contributed by atoms with E-state index in [1.165, 1.54) is 12.1 Å². The van der Waals surface area contributed by atoms with Gasteiger partial charge in [-0.1, -0.05) is 18.2 Å². The van der Waals surface area contributed by atoms with Crippen molar-refractivity contribution in [3.05, 3.63) is 30.3 Å². The molecule has 5 N–H and O–H groups in total. The normalized spacial score (nSPS) is 12.6. The van der Waals surface area contributed by atoms with Crippen LogP contribution in [-0.4, -0.2) is 8.42 Å². The molecular weight excluding hydrogens is 289 g/mol. The zero-order chi connectivity index (χ0) is 12.2. The molecule has 1 aromatic rings. The molecule has 0 aliphatic heterocycles. The molecule has 0 aliphatic rings. The average molecular weight is 299 g/mol. The lowest BCUT2D eigenvalue weighted by Crippen LogP contribution is -2.19. The molecule has 0 fully saturated rings. The van der Waals surface area contributed by atoms with Gasteiger partial charge in [0.05, 0.1) is 4.90 Å². The van der Waals surface area contributed by atoms with Gasteiger partial charge in [-0.15, -0.1) is 4.49 Å². The second-order valence-electron chi connectivity index (χ2n) is 2.62. The van der Waals surface area contributed by atoms with Gasteiger partial charge in [0.1, 0.15) is 0 Å². The molecule has 0 unspecified atom stereocenters. The van der Waals surface area contributed by atoms with Crippen LogP contribution in [0.2, 0.25) is 0 Å². The van der Waals surface area contributed by atoms with Gasteiger partial charge in [0, 0.05) is 23.1 Å². The van der Waals surface area contributed by atoms with Crippen molar-refractivity contribution in [3.8, 4) is 0 Å². The third-order valence-corrected chi connectivity index (χ3v) is 9.42. The average Bonchev–Trinajstić information content (AvgIpc) is 2.29. The first-order valence-electron chi connectivity index (χ1n) is 3.89. The fourth-order valence-electron chi connectivity index (χ4n) is 0.867. The van der Waals surface area contributed by atoms with E-state index in [-0.39, 0.29) is 4.90 Å². The summed E-state index contributed by atoms with van der Waals surface area (Å²) in [6, 6.07) is 7.56. The number of nitrogens with two attached hydrogens (primary N) is 2. The molecule has 0 saturated heterocycles. The summed E-state index contributed by atoms with van der Waals surface area (Å²) in [7, 11) is -3.86. The fourth-order valence-corrected chi connectivity index (χ4v) is 6.51. The summed E-state index contributed by atoms with van der Waals surface area (Å²) < 4.78 is 37.2. The molecule has 0 amide bonds. The van der Waals surface area contributed by atoms with Crippen LogP contribution in [0.15, 0.2) is 35.2 Å². The number of benzene rings is 1. The maximum absolute atomic E-state index is 11.7. The van der Waals surface area contributed by atoms with Crippen molar-refractivity contribution < 1.29 is 13.0 Å². The fraction of sp³-hybridized carbons (Fsp3) is 0. The third kappa shape index (κ3) is 3.49. The van der Waals surface area contributed by atoms with Crippen LogP contribution in [0.5, 0.6) is 0 Å². The van der Waals surface area contributed by atoms with E-state index in [0.717, 1.165) is 0 Å². The predicted molar refractivity (Wildman–Crippen MR) is 67.9 cm³/mol. The van der Waals surface area contributed by atoms with Gasteiger partial charge >= 0.3 is 0 Å². The molecule has 90 valence electrons. The van der Waals surface area contributed by atoms with Gasteiger partial charge in [-0.2, -0.15) is 0 Å². The first kappa shape index (κ1) is 14.0. The molecule has 0 saturated carbocycles. The lowest BCUT2D eigenvalue weighted by Gasteiger charge is -2.13. The van der Waals surface area contributed by atoms with E-state index >= 15 is 0 Å². The third-order valence-electron chi connectivity index (χ3n) is 1.56. The highest BCUT2D eigenvalue weighted by molar-refractivity contribution is 8.89. The Morgan fingerprint density at radius 1 is 1.12 bits per heavy atom. The van der Waals surface area contributed by atoms with Gasteiger partial charge in [-0.3, -0.25) is 14.8 Å². The van der Waals surface area contributed by atoms with Crippen molar-refractivity contribution in [1.82, 2.24) is 4.49 Å². The zero-order valence-corrected chi connectivity index (χ0v) is 11.3. The first-order valence-corrected chi connectivity index (χ1v) is 10.1. The first-order chi connectivity index (χ1) is 7.43. The summed E-state index contributed by atoms with van der Waals surface area (Å²) in [4.78, 5) is 0.0123. The summed E-state index contributed by atoms with van der Waals surface area (Å²) in [5.41, 5.74) is -3.42. The van der Waals surface area contributed by atoms with Crippen LogP contribution in [0.3, 0.4) is 0 Å². The van der Waals surface area contributed by atoms with Crippen LogP contribution in [0.1, 0.15) is 0 Å². The molecule has 1 aromatic carbocycles. The number of sulfonamides is 1. The molecule has 0 spiro atoms. The molecule has 6 nitrogen and oxygen atoms in total. The van der Waals surface area contributed by atoms with Crippen LogP contribution in [-0.2, 0) is 14.6 Å². The summed E-state index contributed by atoms with van der Waals surface area (Å²) in [6.07, 6.45) is 0. The van der Waals surface area contributed by atoms with Crippen LogP contribution in [0.4, 0.5) is 0 Å². The van der Waals surface area contributed by atoms with Crippen LogP contribution in [0, 0.1) is 0 Å². The van der Waals surface area contributed by atoms with Crippen LogP contribution >= 0.6 is 28.8 Å². The van der Waals surface area contributed by atoms with Crippen LogP contribution in [0.25, 0.3) is 0 Å². The second-order valence-corrected chi connectivity index (χ2v) is 11.3. The summed E-state index contributed by atoms with van der Waals surface area (Å²) in [5.74, 6) is 0. The Morgan fingerprint density at radius 2 is 1.62 bits per heavy atom. The van der Waals surface area contributed by atoms with Gasteiger partial charge in [0.15, 0.2) is 0 Å². The highest BCUT2D eigenvalue weighted by atomic mass is 33.1. The van der Waals surface area contributed by atoms with Gasteiger partial charge in [0.2, 0.25) is 10.0 Å². The highest BCUT2D eigenvalue weighted by Crippen LogP contribution is 2.61. The number of rotatable bonds is 5. The Morgan fingerprint density at radius 3 is 2.06 bits per heavy atom. The van der Waals surface area contributed by atoms with E-state index in [2.05, 4.69) is 0 Å². The summed E-state index contributed by atoms with van der Waals surface area (Å²) in [5, 5.41) is 10.3. The van der Waals surface area contributed by atoms with Crippen molar-refractivity contribution in [1.29, 1.82) is 0 Å². The molecule has 0 aromatic heterocycles. The van der Waals surface area contributed by atoms with Gasteiger partial charge in [-0.05, 0) is 12.1 Å². The second kappa shape index (κ2) is 5.54. The molecule has 0 heterocycles. The van der Waals surface area contributed by atoms with E-state index in [0.29, 0.717) is 23.1 Å². The molecule has 0 atom stereocenters. The van der Waals surface area contributed by atoms with E-state index in [1.807, 2.05) is 4.49 Å². The Kier molecular flexibility index (Phi) is 4.87. The van der Waals surface area contributed by atoms with Crippen molar-refractivity contribution in [2.45, 2.75) is 4.90 Å². The summed E-state index contributed by atoms with van der Waals surface area (Å²) in [6.45, 7) is 0. The number of nitrogens with one attached hydrogen (secondary N) is 1. The molecule has 0 bridgehead atoms. The maximum Gasteiger partial charge on any atom is 0.296 e. The van der Waals surface area contributed by atoms with E-state index in [9.17, 15) is 13.0 Å². The SMILES string of the molecule is NSP(=O)(NS(=O)(=O)c1ccccc1)SN.